The molecule has 2 saturated carbocycles. The van der Waals surface area contributed by atoms with Gasteiger partial charge < -0.3 is 9.30 Å². The first-order chi connectivity index (χ1) is 12.9. The molecule has 0 radical (unpaired) electrons. The molecule has 0 atom stereocenters. The van der Waals surface area contributed by atoms with Gasteiger partial charge in [0, 0.05) is 23.1 Å². The van der Waals surface area contributed by atoms with Crippen molar-refractivity contribution in [1.29, 1.82) is 0 Å². The highest BCUT2D eigenvalue weighted by Gasteiger charge is 2.36. The number of hydrogen-bond acceptors (Lipinski definition) is 6. The van der Waals surface area contributed by atoms with Gasteiger partial charge in [0.05, 0.1) is 5.69 Å². The number of thioether (sulfide) groups is 1. The molecule has 2 fully saturated rings. The summed E-state index contributed by atoms with van der Waals surface area (Å²) >= 11 is 3.41. The van der Waals surface area contributed by atoms with Crippen LogP contribution in [0.15, 0.2) is 40.9 Å². The molecule has 1 aromatic carbocycles. The van der Waals surface area contributed by atoms with E-state index in [0.717, 1.165) is 27.4 Å². The van der Waals surface area contributed by atoms with E-state index in [1.807, 2.05) is 30.3 Å². The van der Waals surface area contributed by atoms with Crippen molar-refractivity contribution in [2.45, 2.75) is 55.2 Å². The zero-order chi connectivity index (χ0) is 17.3. The van der Waals surface area contributed by atoms with E-state index in [9.17, 15) is 0 Å². The fourth-order valence-electron chi connectivity index (χ4n) is 2.96. The van der Waals surface area contributed by atoms with E-state index in [0.29, 0.717) is 18.6 Å². The predicted octanol–water partition coefficient (Wildman–Crippen LogP) is 4.82. The van der Waals surface area contributed by atoms with Gasteiger partial charge in [-0.15, -0.1) is 21.5 Å². The van der Waals surface area contributed by atoms with Crippen LogP contribution >= 0.6 is 23.1 Å². The molecule has 0 spiro atoms. The van der Waals surface area contributed by atoms with Gasteiger partial charge in [-0.3, -0.25) is 0 Å². The Hall–Kier alpha value is -1.86. The Morgan fingerprint density at radius 3 is 2.73 bits per heavy atom. The van der Waals surface area contributed by atoms with Gasteiger partial charge in [-0.2, -0.15) is 0 Å². The summed E-state index contributed by atoms with van der Waals surface area (Å²) in [4.78, 5) is 4.70. The third-order valence-electron chi connectivity index (χ3n) is 4.60. The summed E-state index contributed by atoms with van der Waals surface area (Å²) in [7, 11) is 0. The van der Waals surface area contributed by atoms with Crippen molar-refractivity contribution in [2.24, 2.45) is 0 Å². The van der Waals surface area contributed by atoms with Gasteiger partial charge in [-0.1, -0.05) is 30.0 Å². The lowest BCUT2D eigenvalue weighted by Gasteiger charge is -2.07. The van der Waals surface area contributed by atoms with Gasteiger partial charge in [0.25, 0.3) is 0 Å². The largest absolute Gasteiger partial charge is 0.486 e. The fourth-order valence-corrected chi connectivity index (χ4v) is 4.68. The maximum atomic E-state index is 5.78. The van der Waals surface area contributed by atoms with E-state index in [1.54, 1.807) is 23.1 Å². The van der Waals surface area contributed by atoms with Crippen LogP contribution in [0.2, 0.25) is 0 Å². The Morgan fingerprint density at radius 1 is 1.12 bits per heavy atom. The summed E-state index contributed by atoms with van der Waals surface area (Å²) in [5.41, 5.74) is 1.09. The number of para-hydroxylation sites is 1. The molecule has 0 bridgehead atoms. The van der Waals surface area contributed by atoms with E-state index in [2.05, 4.69) is 20.1 Å². The van der Waals surface area contributed by atoms with Crippen LogP contribution in [0, 0.1) is 0 Å². The van der Waals surface area contributed by atoms with Gasteiger partial charge in [-0.05, 0) is 37.8 Å². The SMILES string of the molecule is c1ccc(OCc2nc(CSc3nnc(C4CC4)n3C3CC3)cs2)cc1. The molecule has 0 unspecified atom stereocenters. The lowest BCUT2D eigenvalue weighted by atomic mass is 10.3. The van der Waals surface area contributed by atoms with Crippen LogP contribution in [0.4, 0.5) is 0 Å². The van der Waals surface area contributed by atoms with Crippen molar-refractivity contribution >= 4 is 23.1 Å². The first-order valence-corrected chi connectivity index (χ1v) is 10.9. The molecule has 7 heteroatoms. The second kappa shape index (κ2) is 7.04. The summed E-state index contributed by atoms with van der Waals surface area (Å²) in [6.07, 6.45) is 5.07. The Morgan fingerprint density at radius 2 is 1.96 bits per heavy atom. The molecule has 26 heavy (non-hydrogen) atoms. The molecule has 2 aliphatic rings. The Kier molecular flexibility index (Phi) is 4.42. The quantitative estimate of drug-likeness (QED) is 0.521. The lowest BCUT2D eigenvalue weighted by Crippen LogP contribution is -2.02. The zero-order valence-electron chi connectivity index (χ0n) is 14.4. The molecular formula is C19H20N4OS2. The van der Waals surface area contributed by atoms with E-state index in [4.69, 9.17) is 9.72 Å². The minimum absolute atomic E-state index is 0.517. The minimum Gasteiger partial charge on any atom is -0.486 e. The Bertz CT molecular complexity index is 884. The number of hydrogen-bond donors (Lipinski definition) is 0. The molecule has 2 aromatic heterocycles. The average Bonchev–Trinajstić information content (AvgIpc) is 3.61. The van der Waals surface area contributed by atoms with Crippen molar-refractivity contribution < 1.29 is 4.74 Å². The van der Waals surface area contributed by atoms with Gasteiger partial charge in [0.2, 0.25) is 0 Å². The number of benzene rings is 1. The molecule has 0 amide bonds. The van der Waals surface area contributed by atoms with Crippen LogP contribution in [0.25, 0.3) is 0 Å². The van der Waals surface area contributed by atoms with Crippen LogP contribution in [-0.2, 0) is 12.4 Å². The number of nitrogens with zero attached hydrogens (tertiary/aromatic N) is 4. The van der Waals surface area contributed by atoms with Crippen molar-refractivity contribution in [1.82, 2.24) is 19.7 Å². The van der Waals surface area contributed by atoms with Crippen LogP contribution in [-0.4, -0.2) is 19.7 Å². The molecule has 5 nitrogen and oxygen atoms in total. The van der Waals surface area contributed by atoms with Crippen LogP contribution < -0.4 is 4.74 Å². The smallest absolute Gasteiger partial charge is 0.191 e. The third kappa shape index (κ3) is 3.64. The number of aromatic nitrogens is 4. The molecule has 3 aromatic rings. The Labute approximate surface area is 160 Å². The molecule has 0 N–H and O–H groups in total. The number of thiazole rings is 1. The highest BCUT2D eigenvalue weighted by molar-refractivity contribution is 7.98. The van der Waals surface area contributed by atoms with Gasteiger partial charge >= 0.3 is 0 Å². The second-order valence-corrected chi connectivity index (χ2v) is 8.72. The normalized spacial score (nSPS) is 16.8. The molecule has 134 valence electrons. The monoisotopic (exact) mass is 384 g/mol. The molecule has 0 saturated heterocycles. The van der Waals surface area contributed by atoms with Crippen molar-refractivity contribution in [3.63, 3.8) is 0 Å². The maximum absolute atomic E-state index is 5.78. The lowest BCUT2D eigenvalue weighted by molar-refractivity contribution is 0.305. The van der Waals surface area contributed by atoms with Crippen molar-refractivity contribution in [3.05, 3.63) is 52.2 Å². The standard InChI is InChI=1S/C19H20N4OS2/c1-2-4-16(5-3-1)24-10-17-20-14(11-25-17)12-26-19-22-21-18(13-6-7-13)23(19)15-8-9-15/h1-5,11,13,15H,6-10,12H2. The topological polar surface area (TPSA) is 52.8 Å². The number of ether oxygens (including phenoxy) is 1. The van der Waals surface area contributed by atoms with E-state index in [-0.39, 0.29) is 0 Å². The van der Waals surface area contributed by atoms with Gasteiger partial charge in [-0.25, -0.2) is 4.98 Å². The maximum Gasteiger partial charge on any atom is 0.191 e. The zero-order valence-corrected chi connectivity index (χ0v) is 16.0. The summed E-state index contributed by atoms with van der Waals surface area (Å²) < 4.78 is 8.18. The van der Waals surface area contributed by atoms with Gasteiger partial charge in [0.15, 0.2) is 5.16 Å². The number of rotatable bonds is 8. The molecular weight excluding hydrogens is 364 g/mol. The summed E-state index contributed by atoms with van der Waals surface area (Å²) in [5.74, 6) is 3.57. The fraction of sp³-hybridized carbons (Fsp3) is 0.421. The van der Waals surface area contributed by atoms with Crippen LogP contribution in [0.1, 0.15) is 54.2 Å². The van der Waals surface area contributed by atoms with Crippen LogP contribution in [0.3, 0.4) is 0 Å². The summed E-state index contributed by atoms with van der Waals surface area (Å²) in [5, 5.41) is 13.1. The Balaban J connectivity index is 1.21. The summed E-state index contributed by atoms with van der Waals surface area (Å²) in [6, 6.07) is 10.5. The highest BCUT2D eigenvalue weighted by atomic mass is 32.2. The molecule has 5 rings (SSSR count). The minimum atomic E-state index is 0.517. The highest BCUT2D eigenvalue weighted by Crippen LogP contribution is 2.46. The van der Waals surface area contributed by atoms with E-state index in [1.165, 1.54) is 31.5 Å². The molecule has 2 heterocycles. The summed E-state index contributed by atoms with van der Waals surface area (Å²) in [6.45, 7) is 0.517. The predicted molar refractivity (Wildman–Crippen MR) is 103 cm³/mol. The molecule has 0 aliphatic heterocycles. The average molecular weight is 385 g/mol. The van der Waals surface area contributed by atoms with E-state index >= 15 is 0 Å². The first-order valence-electron chi connectivity index (χ1n) is 9.05. The van der Waals surface area contributed by atoms with Gasteiger partial charge in [0.1, 0.15) is 23.2 Å². The second-order valence-electron chi connectivity index (χ2n) is 6.84. The third-order valence-corrected chi connectivity index (χ3v) is 6.45. The molecule has 2 aliphatic carbocycles. The first kappa shape index (κ1) is 16.3. The van der Waals surface area contributed by atoms with E-state index < -0.39 is 0 Å². The van der Waals surface area contributed by atoms with Crippen LogP contribution in [0.5, 0.6) is 5.75 Å². The van der Waals surface area contributed by atoms with Crippen molar-refractivity contribution in [3.8, 4) is 5.75 Å². The van der Waals surface area contributed by atoms with Crippen molar-refractivity contribution in [2.75, 3.05) is 0 Å².